The average molecular weight is 334 g/mol. The Morgan fingerprint density at radius 1 is 1.17 bits per heavy atom. The highest BCUT2D eigenvalue weighted by molar-refractivity contribution is 7.99. The number of rotatable bonds is 4. The standard InChI is InChI=1S/C16H19FN4OS/c17-13-7-5-12(6-8-13)15-18-16(20-19-15)23-11-14(22)21-9-3-1-2-4-10-21/h5-8H,1-4,9-11H2,(H,18,19,20). The highest BCUT2D eigenvalue weighted by atomic mass is 32.2. The van der Waals surface area contributed by atoms with E-state index < -0.39 is 0 Å². The molecule has 7 heteroatoms. The average Bonchev–Trinajstić information content (AvgIpc) is 2.86. The van der Waals surface area contributed by atoms with Gasteiger partial charge in [-0.15, -0.1) is 5.10 Å². The van der Waals surface area contributed by atoms with Gasteiger partial charge >= 0.3 is 0 Å². The Morgan fingerprint density at radius 3 is 2.57 bits per heavy atom. The third-order valence-corrected chi connectivity index (χ3v) is 4.70. The fourth-order valence-corrected chi connectivity index (χ4v) is 3.29. The van der Waals surface area contributed by atoms with Crippen LogP contribution in [0.2, 0.25) is 0 Å². The predicted octanol–water partition coefficient (Wildman–Crippen LogP) is 3.11. The molecular weight excluding hydrogens is 315 g/mol. The normalized spacial score (nSPS) is 15.4. The molecule has 0 unspecified atom stereocenters. The smallest absolute Gasteiger partial charge is 0.233 e. The van der Waals surface area contributed by atoms with Crippen LogP contribution in [0.5, 0.6) is 0 Å². The third-order valence-electron chi connectivity index (χ3n) is 3.87. The fraction of sp³-hybridized carbons (Fsp3) is 0.438. The molecule has 0 radical (unpaired) electrons. The predicted molar refractivity (Wildman–Crippen MR) is 87.5 cm³/mol. The number of carbonyl (C=O) groups is 1. The van der Waals surface area contributed by atoms with Gasteiger partial charge in [0.05, 0.1) is 5.75 Å². The number of aromatic nitrogens is 3. The van der Waals surface area contributed by atoms with Crippen molar-refractivity contribution in [2.45, 2.75) is 30.8 Å². The van der Waals surface area contributed by atoms with Crippen molar-refractivity contribution in [1.29, 1.82) is 0 Å². The second-order valence-electron chi connectivity index (χ2n) is 5.56. The van der Waals surface area contributed by atoms with Gasteiger partial charge in [0.1, 0.15) is 5.82 Å². The largest absolute Gasteiger partial charge is 0.342 e. The SMILES string of the molecule is O=C(CSc1n[nH]c(-c2ccc(F)cc2)n1)N1CCCCCC1. The summed E-state index contributed by atoms with van der Waals surface area (Å²) in [7, 11) is 0. The number of likely N-dealkylation sites (tertiary alicyclic amines) is 1. The van der Waals surface area contributed by atoms with Crippen molar-refractivity contribution in [1.82, 2.24) is 20.1 Å². The topological polar surface area (TPSA) is 61.9 Å². The van der Waals surface area contributed by atoms with E-state index in [4.69, 9.17) is 0 Å². The summed E-state index contributed by atoms with van der Waals surface area (Å²) >= 11 is 1.33. The number of nitrogens with one attached hydrogen (secondary N) is 1. The van der Waals surface area contributed by atoms with E-state index in [0.717, 1.165) is 31.5 Å². The lowest BCUT2D eigenvalue weighted by Crippen LogP contribution is -2.33. The summed E-state index contributed by atoms with van der Waals surface area (Å²) in [6.07, 6.45) is 4.59. The van der Waals surface area contributed by atoms with E-state index in [1.54, 1.807) is 12.1 Å². The number of carbonyl (C=O) groups excluding carboxylic acids is 1. The number of amides is 1. The molecule has 2 aromatic rings. The van der Waals surface area contributed by atoms with Gasteiger partial charge in [0, 0.05) is 18.7 Å². The monoisotopic (exact) mass is 334 g/mol. The number of halogens is 1. The molecule has 1 aromatic carbocycles. The van der Waals surface area contributed by atoms with Gasteiger partial charge < -0.3 is 4.90 Å². The van der Waals surface area contributed by atoms with Crippen molar-refractivity contribution in [3.63, 3.8) is 0 Å². The first-order valence-corrected chi connectivity index (χ1v) is 8.80. The number of aromatic amines is 1. The van der Waals surface area contributed by atoms with E-state index in [9.17, 15) is 9.18 Å². The van der Waals surface area contributed by atoms with Crippen LogP contribution in [-0.2, 0) is 4.79 Å². The molecule has 0 spiro atoms. The van der Waals surface area contributed by atoms with Gasteiger partial charge in [0.2, 0.25) is 11.1 Å². The molecule has 0 saturated carbocycles. The van der Waals surface area contributed by atoms with Crippen LogP contribution in [0, 0.1) is 5.82 Å². The highest BCUT2D eigenvalue weighted by Crippen LogP contribution is 2.20. The molecule has 122 valence electrons. The number of nitrogens with zero attached hydrogens (tertiary/aromatic N) is 3. The molecule has 1 aliphatic rings. The van der Waals surface area contributed by atoms with Crippen LogP contribution in [0.25, 0.3) is 11.4 Å². The lowest BCUT2D eigenvalue weighted by molar-refractivity contribution is -0.128. The molecule has 0 aliphatic carbocycles. The van der Waals surface area contributed by atoms with Crippen LogP contribution in [0.4, 0.5) is 4.39 Å². The molecule has 3 rings (SSSR count). The number of hydrogen-bond donors (Lipinski definition) is 1. The molecule has 1 aliphatic heterocycles. The summed E-state index contributed by atoms with van der Waals surface area (Å²) in [6, 6.07) is 6.06. The first-order chi connectivity index (χ1) is 11.2. The van der Waals surface area contributed by atoms with Crippen LogP contribution >= 0.6 is 11.8 Å². The minimum atomic E-state index is -0.286. The minimum absolute atomic E-state index is 0.144. The van der Waals surface area contributed by atoms with Crippen LogP contribution in [0.3, 0.4) is 0 Å². The van der Waals surface area contributed by atoms with Crippen molar-refractivity contribution >= 4 is 17.7 Å². The van der Waals surface area contributed by atoms with Gasteiger partial charge in [-0.3, -0.25) is 9.89 Å². The molecule has 1 saturated heterocycles. The molecule has 23 heavy (non-hydrogen) atoms. The minimum Gasteiger partial charge on any atom is -0.342 e. The number of thioether (sulfide) groups is 1. The molecule has 1 N–H and O–H groups in total. The maximum atomic E-state index is 12.9. The summed E-state index contributed by atoms with van der Waals surface area (Å²) in [4.78, 5) is 18.5. The van der Waals surface area contributed by atoms with Crippen molar-refractivity contribution in [2.24, 2.45) is 0 Å². The Bertz CT molecular complexity index is 650. The summed E-state index contributed by atoms with van der Waals surface area (Å²) in [5, 5.41) is 7.47. The molecule has 1 fully saturated rings. The van der Waals surface area contributed by atoms with Crippen molar-refractivity contribution < 1.29 is 9.18 Å². The molecule has 2 heterocycles. The second-order valence-corrected chi connectivity index (χ2v) is 6.50. The van der Waals surface area contributed by atoms with Crippen molar-refractivity contribution in [2.75, 3.05) is 18.8 Å². The molecule has 0 atom stereocenters. The van der Waals surface area contributed by atoms with Crippen molar-refractivity contribution in [3.8, 4) is 11.4 Å². The summed E-state index contributed by atoms with van der Waals surface area (Å²) in [6.45, 7) is 1.71. The van der Waals surface area contributed by atoms with E-state index in [2.05, 4.69) is 15.2 Å². The number of hydrogen-bond acceptors (Lipinski definition) is 4. The Balaban J connectivity index is 1.56. The van der Waals surface area contributed by atoms with Crippen LogP contribution in [0.1, 0.15) is 25.7 Å². The first kappa shape index (κ1) is 16.0. The maximum absolute atomic E-state index is 12.9. The van der Waals surface area contributed by atoms with E-state index >= 15 is 0 Å². The maximum Gasteiger partial charge on any atom is 0.233 e. The molecule has 0 bridgehead atoms. The van der Waals surface area contributed by atoms with Crippen LogP contribution in [-0.4, -0.2) is 44.8 Å². The molecule has 5 nitrogen and oxygen atoms in total. The van der Waals surface area contributed by atoms with Crippen LogP contribution in [0.15, 0.2) is 29.4 Å². The quantitative estimate of drug-likeness (QED) is 0.873. The van der Waals surface area contributed by atoms with Gasteiger partial charge in [-0.2, -0.15) is 0 Å². The third kappa shape index (κ3) is 4.31. The van der Waals surface area contributed by atoms with E-state index in [1.807, 2.05) is 4.90 Å². The lowest BCUT2D eigenvalue weighted by Gasteiger charge is -2.19. The van der Waals surface area contributed by atoms with Gasteiger partial charge in [-0.1, -0.05) is 24.6 Å². The first-order valence-electron chi connectivity index (χ1n) is 7.81. The van der Waals surface area contributed by atoms with Gasteiger partial charge in [-0.25, -0.2) is 9.37 Å². The zero-order chi connectivity index (χ0) is 16.1. The molecular formula is C16H19FN4OS. The Hall–Kier alpha value is -1.89. The Morgan fingerprint density at radius 2 is 1.87 bits per heavy atom. The Kier molecular flexibility index (Phi) is 5.27. The van der Waals surface area contributed by atoms with E-state index in [0.29, 0.717) is 16.7 Å². The molecule has 1 amide bonds. The second kappa shape index (κ2) is 7.59. The fourth-order valence-electron chi connectivity index (χ4n) is 2.59. The van der Waals surface area contributed by atoms with E-state index in [1.165, 1.54) is 36.7 Å². The zero-order valence-electron chi connectivity index (χ0n) is 12.8. The van der Waals surface area contributed by atoms with Gasteiger partial charge in [-0.05, 0) is 37.1 Å². The lowest BCUT2D eigenvalue weighted by atomic mass is 10.2. The van der Waals surface area contributed by atoms with Crippen LogP contribution < -0.4 is 0 Å². The highest BCUT2D eigenvalue weighted by Gasteiger charge is 2.16. The number of H-pyrrole nitrogens is 1. The summed E-state index contributed by atoms with van der Waals surface area (Å²) in [5.74, 6) is 0.784. The van der Waals surface area contributed by atoms with Crippen molar-refractivity contribution in [3.05, 3.63) is 30.1 Å². The van der Waals surface area contributed by atoms with E-state index in [-0.39, 0.29) is 11.7 Å². The Labute approximate surface area is 138 Å². The summed E-state index contributed by atoms with van der Waals surface area (Å²) < 4.78 is 12.9. The van der Waals surface area contributed by atoms with Gasteiger partial charge in [0.15, 0.2) is 5.82 Å². The zero-order valence-corrected chi connectivity index (χ0v) is 13.6. The molecule has 1 aromatic heterocycles. The van der Waals surface area contributed by atoms with Gasteiger partial charge in [0.25, 0.3) is 0 Å². The number of benzene rings is 1. The summed E-state index contributed by atoms with van der Waals surface area (Å²) in [5.41, 5.74) is 0.768.